The van der Waals surface area contributed by atoms with Crippen LogP contribution in [0, 0.1) is 9.49 Å². The molecule has 1 aliphatic heterocycles. The van der Waals surface area contributed by atoms with E-state index in [1.807, 2.05) is 18.2 Å². The van der Waals surface area contributed by atoms with Crippen molar-refractivity contribution in [2.45, 2.75) is 6.04 Å². The van der Waals surface area contributed by atoms with Gasteiger partial charge in [-0.3, -0.25) is 4.79 Å². The lowest BCUT2D eigenvalue weighted by molar-refractivity contribution is -0.142. The minimum absolute atomic E-state index is 0.128. The van der Waals surface area contributed by atoms with E-state index < -0.39 is 24.0 Å². The standard InChI is InChI=1S/C12H13IN2O4/c13-7-2-1-3-8(4-7)14-12(18)15-10-6-19-5-9(10)11(16)17/h1-4,9-10H,5-6H2,(H,16,17)(H2,14,15,18). The van der Waals surface area contributed by atoms with E-state index in [0.29, 0.717) is 5.69 Å². The topological polar surface area (TPSA) is 87.7 Å². The second-order valence-corrected chi connectivity index (χ2v) is 5.44. The number of benzene rings is 1. The van der Waals surface area contributed by atoms with E-state index in [-0.39, 0.29) is 13.2 Å². The number of carbonyl (C=O) groups excluding carboxylic acids is 1. The van der Waals surface area contributed by atoms with E-state index in [4.69, 9.17) is 9.84 Å². The molecule has 3 N–H and O–H groups in total. The molecule has 2 atom stereocenters. The highest BCUT2D eigenvalue weighted by molar-refractivity contribution is 14.1. The Bertz CT molecular complexity index is 494. The number of nitrogens with one attached hydrogen (secondary N) is 2. The van der Waals surface area contributed by atoms with Gasteiger partial charge in [-0.2, -0.15) is 0 Å². The van der Waals surface area contributed by atoms with Crippen molar-refractivity contribution in [3.8, 4) is 0 Å². The smallest absolute Gasteiger partial charge is 0.319 e. The van der Waals surface area contributed by atoms with Crippen molar-refractivity contribution in [2.24, 2.45) is 5.92 Å². The first-order valence-corrected chi connectivity index (χ1v) is 6.78. The lowest BCUT2D eigenvalue weighted by Gasteiger charge is -2.16. The zero-order valence-corrected chi connectivity index (χ0v) is 12.1. The molecule has 1 fully saturated rings. The fourth-order valence-electron chi connectivity index (χ4n) is 1.84. The molecule has 1 aliphatic rings. The van der Waals surface area contributed by atoms with Gasteiger partial charge in [0.25, 0.3) is 0 Å². The van der Waals surface area contributed by atoms with E-state index in [1.165, 1.54) is 0 Å². The van der Waals surface area contributed by atoms with Gasteiger partial charge in [0.05, 0.1) is 19.3 Å². The Hall–Kier alpha value is -1.35. The average Bonchev–Trinajstić information content (AvgIpc) is 2.76. The molecule has 2 rings (SSSR count). The van der Waals surface area contributed by atoms with Gasteiger partial charge in [-0.05, 0) is 40.8 Å². The molecular weight excluding hydrogens is 363 g/mol. The van der Waals surface area contributed by atoms with E-state index in [9.17, 15) is 9.59 Å². The molecule has 1 heterocycles. The summed E-state index contributed by atoms with van der Waals surface area (Å²) < 4.78 is 6.08. The number of ether oxygens (including phenoxy) is 1. The molecule has 0 aromatic heterocycles. The number of urea groups is 1. The molecule has 2 amide bonds. The van der Waals surface area contributed by atoms with Crippen molar-refractivity contribution in [2.75, 3.05) is 18.5 Å². The minimum atomic E-state index is -0.961. The molecule has 102 valence electrons. The van der Waals surface area contributed by atoms with Gasteiger partial charge >= 0.3 is 12.0 Å². The predicted molar refractivity (Wildman–Crippen MR) is 77.0 cm³/mol. The summed E-state index contributed by atoms with van der Waals surface area (Å²) in [5.41, 5.74) is 0.662. The summed E-state index contributed by atoms with van der Waals surface area (Å²) in [7, 11) is 0. The lowest BCUT2D eigenvalue weighted by atomic mass is 10.0. The average molecular weight is 376 g/mol. The van der Waals surface area contributed by atoms with Crippen LogP contribution in [0.5, 0.6) is 0 Å². The van der Waals surface area contributed by atoms with Gasteiger partial charge in [0.15, 0.2) is 0 Å². The van der Waals surface area contributed by atoms with Gasteiger partial charge in [0.2, 0.25) is 0 Å². The molecule has 6 nitrogen and oxygen atoms in total. The fourth-order valence-corrected chi connectivity index (χ4v) is 2.38. The summed E-state index contributed by atoms with van der Waals surface area (Å²) in [4.78, 5) is 22.7. The maximum Gasteiger partial charge on any atom is 0.319 e. The van der Waals surface area contributed by atoms with Crippen LogP contribution >= 0.6 is 22.6 Å². The zero-order chi connectivity index (χ0) is 13.8. The summed E-state index contributed by atoms with van der Waals surface area (Å²) in [5, 5.41) is 14.3. The van der Waals surface area contributed by atoms with Gasteiger partial charge in [-0.25, -0.2) is 4.79 Å². The van der Waals surface area contributed by atoms with Crippen LogP contribution in [0.1, 0.15) is 0 Å². The number of carboxylic acid groups (broad SMARTS) is 1. The molecule has 1 saturated heterocycles. The molecule has 0 spiro atoms. The lowest BCUT2D eigenvalue weighted by Crippen LogP contribution is -2.44. The fraction of sp³-hybridized carbons (Fsp3) is 0.333. The molecule has 0 saturated carbocycles. The van der Waals surface area contributed by atoms with Crippen LogP contribution in [0.4, 0.5) is 10.5 Å². The first-order chi connectivity index (χ1) is 9.06. The maximum atomic E-state index is 11.8. The van der Waals surface area contributed by atoms with E-state index in [0.717, 1.165) is 3.57 Å². The van der Waals surface area contributed by atoms with Crippen LogP contribution in [0.2, 0.25) is 0 Å². The Morgan fingerprint density at radius 3 is 2.84 bits per heavy atom. The summed E-state index contributed by atoms with van der Waals surface area (Å²) in [6, 6.07) is 6.40. The predicted octanol–water partition coefficient (Wildman–Crippen LogP) is 1.51. The van der Waals surface area contributed by atoms with E-state index in [2.05, 4.69) is 33.2 Å². The number of amides is 2. The second-order valence-electron chi connectivity index (χ2n) is 4.20. The zero-order valence-electron chi connectivity index (χ0n) is 9.93. The van der Waals surface area contributed by atoms with Gasteiger partial charge in [-0.15, -0.1) is 0 Å². The summed E-state index contributed by atoms with van der Waals surface area (Å²) in [5.74, 6) is -1.65. The largest absolute Gasteiger partial charge is 0.481 e. The third kappa shape index (κ3) is 3.80. The molecule has 7 heteroatoms. The van der Waals surface area contributed by atoms with Crippen LogP contribution in [-0.4, -0.2) is 36.4 Å². The first-order valence-electron chi connectivity index (χ1n) is 5.70. The Labute approximate surface area is 123 Å². The molecule has 0 aliphatic carbocycles. The highest BCUT2D eigenvalue weighted by atomic mass is 127. The van der Waals surface area contributed by atoms with Crippen LogP contribution in [-0.2, 0) is 9.53 Å². The number of carbonyl (C=O) groups is 2. The van der Waals surface area contributed by atoms with E-state index in [1.54, 1.807) is 6.07 Å². The summed E-state index contributed by atoms with van der Waals surface area (Å²) >= 11 is 2.14. The van der Waals surface area contributed by atoms with Crippen molar-refractivity contribution in [3.05, 3.63) is 27.8 Å². The molecule has 1 aromatic carbocycles. The first kappa shape index (κ1) is 14.1. The van der Waals surface area contributed by atoms with Crippen LogP contribution < -0.4 is 10.6 Å². The molecular formula is C12H13IN2O4. The highest BCUT2D eigenvalue weighted by Crippen LogP contribution is 2.15. The highest BCUT2D eigenvalue weighted by Gasteiger charge is 2.35. The molecule has 1 aromatic rings. The van der Waals surface area contributed by atoms with Gasteiger partial charge in [0.1, 0.15) is 5.92 Å². The molecule has 2 unspecified atom stereocenters. The normalized spacial score (nSPS) is 21.9. The number of hydrogen-bond acceptors (Lipinski definition) is 3. The van der Waals surface area contributed by atoms with Crippen LogP contribution in [0.3, 0.4) is 0 Å². The van der Waals surface area contributed by atoms with Crippen molar-refractivity contribution in [1.82, 2.24) is 5.32 Å². The maximum absolute atomic E-state index is 11.8. The van der Waals surface area contributed by atoms with E-state index >= 15 is 0 Å². The Kier molecular flexibility index (Phi) is 4.59. The van der Waals surface area contributed by atoms with Gasteiger partial charge in [-0.1, -0.05) is 6.07 Å². The number of rotatable bonds is 3. The van der Waals surface area contributed by atoms with Crippen molar-refractivity contribution >= 4 is 40.3 Å². The third-order valence-electron chi connectivity index (χ3n) is 2.80. The SMILES string of the molecule is O=C(Nc1cccc(I)c1)NC1COCC1C(=O)O. The monoisotopic (exact) mass is 376 g/mol. The number of aliphatic carboxylic acids is 1. The van der Waals surface area contributed by atoms with Crippen molar-refractivity contribution in [1.29, 1.82) is 0 Å². The van der Waals surface area contributed by atoms with Gasteiger partial charge in [0, 0.05) is 9.26 Å². The molecule has 0 bridgehead atoms. The second kappa shape index (κ2) is 6.20. The van der Waals surface area contributed by atoms with Gasteiger partial charge < -0.3 is 20.5 Å². The summed E-state index contributed by atoms with van der Waals surface area (Å²) in [6.07, 6.45) is 0. The van der Waals surface area contributed by atoms with Crippen LogP contribution in [0.25, 0.3) is 0 Å². The summed E-state index contributed by atoms with van der Waals surface area (Å²) in [6.45, 7) is 0.347. The minimum Gasteiger partial charge on any atom is -0.481 e. The van der Waals surface area contributed by atoms with Crippen molar-refractivity contribution in [3.63, 3.8) is 0 Å². The Balaban J connectivity index is 1.92. The number of halogens is 1. The Morgan fingerprint density at radius 2 is 2.16 bits per heavy atom. The Morgan fingerprint density at radius 1 is 1.37 bits per heavy atom. The molecule has 19 heavy (non-hydrogen) atoms. The molecule has 0 radical (unpaired) electrons. The number of anilines is 1. The van der Waals surface area contributed by atoms with Crippen molar-refractivity contribution < 1.29 is 19.4 Å². The number of hydrogen-bond donors (Lipinski definition) is 3. The van der Waals surface area contributed by atoms with Crippen LogP contribution in [0.15, 0.2) is 24.3 Å². The third-order valence-corrected chi connectivity index (χ3v) is 3.47. The quantitative estimate of drug-likeness (QED) is 0.698. The number of carboxylic acids is 1.